The molecule has 0 radical (unpaired) electrons. The number of aliphatic imine (C=N–C) groups is 1. The molecule has 0 heterocycles. The van der Waals surface area contributed by atoms with Crippen LogP contribution in [0.2, 0.25) is 0 Å². The molecular formula is C17H29N3O3. The Morgan fingerprint density at radius 3 is 2.30 bits per heavy atom. The number of ether oxygens (including phenoxy) is 3. The first kappa shape index (κ1) is 18.9. The van der Waals surface area contributed by atoms with Gasteiger partial charge in [-0.2, -0.15) is 0 Å². The highest BCUT2D eigenvalue weighted by Crippen LogP contribution is 2.39. The molecule has 1 aromatic carbocycles. The largest absolute Gasteiger partial charge is 0.493 e. The maximum atomic E-state index is 5.49. The van der Waals surface area contributed by atoms with Crippen LogP contribution in [0.1, 0.15) is 32.3 Å². The second-order valence-electron chi connectivity index (χ2n) is 4.97. The molecule has 0 aliphatic heterocycles. The van der Waals surface area contributed by atoms with Gasteiger partial charge < -0.3 is 24.8 Å². The molecule has 0 aliphatic rings. The van der Waals surface area contributed by atoms with Gasteiger partial charge in [-0.05, 0) is 25.5 Å². The first-order valence-corrected chi connectivity index (χ1v) is 8.01. The van der Waals surface area contributed by atoms with Gasteiger partial charge in [-0.3, -0.25) is 0 Å². The van der Waals surface area contributed by atoms with Crippen molar-refractivity contribution in [2.24, 2.45) is 4.99 Å². The quantitative estimate of drug-likeness (QED) is 0.415. The lowest BCUT2D eigenvalue weighted by molar-refractivity contribution is 0.322. The number of rotatable bonds is 9. The Hall–Kier alpha value is -2.11. The van der Waals surface area contributed by atoms with Crippen LogP contribution in [0.3, 0.4) is 0 Å². The zero-order valence-electron chi connectivity index (χ0n) is 14.9. The highest BCUT2D eigenvalue weighted by Gasteiger charge is 2.15. The van der Waals surface area contributed by atoms with Crippen molar-refractivity contribution in [2.75, 3.05) is 34.4 Å². The summed E-state index contributed by atoms with van der Waals surface area (Å²) in [5.41, 5.74) is 0.942. The second kappa shape index (κ2) is 10.6. The molecule has 0 aromatic heterocycles. The van der Waals surface area contributed by atoms with Gasteiger partial charge in [-0.1, -0.05) is 13.3 Å². The van der Waals surface area contributed by atoms with Crippen molar-refractivity contribution >= 4 is 5.96 Å². The van der Waals surface area contributed by atoms with E-state index in [1.54, 1.807) is 21.3 Å². The molecule has 0 saturated heterocycles. The summed E-state index contributed by atoms with van der Waals surface area (Å²) < 4.78 is 16.2. The third kappa shape index (κ3) is 5.54. The van der Waals surface area contributed by atoms with E-state index in [2.05, 4.69) is 22.5 Å². The van der Waals surface area contributed by atoms with E-state index >= 15 is 0 Å². The van der Waals surface area contributed by atoms with E-state index in [1.807, 2.05) is 19.1 Å². The molecule has 6 nitrogen and oxygen atoms in total. The Morgan fingerprint density at radius 1 is 1.00 bits per heavy atom. The zero-order chi connectivity index (χ0) is 17.1. The van der Waals surface area contributed by atoms with E-state index in [1.165, 1.54) is 0 Å². The Kier molecular flexibility index (Phi) is 8.72. The molecular weight excluding hydrogens is 294 g/mol. The Labute approximate surface area is 139 Å². The number of unbranched alkanes of at least 4 members (excludes halogenated alkanes) is 1. The van der Waals surface area contributed by atoms with Crippen LogP contribution in [0.5, 0.6) is 17.2 Å². The summed E-state index contributed by atoms with van der Waals surface area (Å²) in [5.74, 6) is 2.69. The Bertz CT molecular complexity index is 504. The molecule has 130 valence electrons. The number of hydrogen-bond acceptors (Lipinski definition) is 4. The third-order valence-electron chi connectivity index (χ3n) is 3.36. The molecule has 0 aliphatic carbocycles. The van der Waals surface area contributed by atoms with Gasteiger partial charge in [0.1, 0.15) is 0 Å². The average molecular weight is 323 g/mol. The molecule has 0 saturated carbocycles. The number of guanidine groups is 1. The van der Waals surface area contributed by atoms with E-state index in [9.17, 15) is 0 Å². The van der Waals surface area contributed by atoms with E-state index in [0.717, 1.165) is 37.5 Å². The van der Waals surface area contributed by atoms with Crippen LogP contribution < -0.4 is 24.8 Å². The van der Waals surface area contributed by atoms with Gasteiger partial charge in [0.05, 0.1) is 27.9 Å². The lowest BCUT2D eigenvalue weighted by Gasteiger charge is -2.15. The molecule has 0 spiro atoms. The van der Waals surface area contributed by atoms with Crippen LogP contribution in [-0.4, -0.2) is 40.4 Å². The SMILES string of the molecule is CCCCNC(=NCc1ccc(OC)c(OC)c1OC)NCC. The van der Waals surface area contributed by atoms with Crippen molar-refractivity contribution in [2.45, 2.75) is 33.2 Å². The number of nitrogens with one attached hydrogen (secondary N) is 2. The van der Waals surface area contributed by atoms with Crippen molar-refractivity contribution in [1.29, 1.82) is 0 Å². The minimum atomic E-state index is 0.491. The minimum absolute atomic E-state index is 0.491. The second-order valence-corrected chi connectivity index (χ2v) is 4.97. The summed E-state index contributed by atoms with van der Waals surface area (Å²) in [7, 11) is 4.83. The van der Waals surface area contributed by atoms with E-state index in [0.29, 0.717) is 23.8 Å². The molecule has 2 N–H and O–H groups in total. The molecule has 0 fully saturated rings. The lowest BCUT2D eigenvalue weighted by atomic mass is 10.1. The highest BCUT2D eigenvalue weighted by molar-refractivity contribution is 5.79. The molecule has 23 heavy (non-hydrogen) atoms. The Balaban J connectivity index is 2.94. The van der Waals surface area contributed by atoms with Gasteiger partial charge in [-0.15, -0.1) is 0 Å². The highest BCUT2D eigenvalue weighted by atomic mass is 16.5. The molecule has 0 unspecified atom stereocenters. The van der Waals surface area contributed by atoms with Crippen LogP contribution in [-0.2, 0) is 6.54 Å². The predicted octanol–water partition coefficient (Wildman–Crippen LogP) is 2.57. The van der Waals surface area contributed by atoms with Gasteiger partial charge in [0.25, 0.3) is 0 Å². The van der Waals surface area contributed by atoms with Gasteiger partial charge in [0.15, 0.2) is 17.5 Å². The topological polar surface area (TPSA) is 64.1 Å². The van der Waals surface area contributed by atoms with E-state index in [-0.39, 0.29) is 0 Å². The van der Waals surface area contributed by atoms with Gasteiger partial charge in [0, 0.05) is 18.7 Å². The standard InChI is InChI=1S/C17H29N3O3/c1-6-8-11-19-17(18-7-2)20-12-13-9-10-14(21-3)16(23-5)15(13)22-4/h9-10H,6-8,11-12H2,1-5H3,(H2,18,19,20). The summed E-state index contributed by atoms with van der Waals surface area (Å²) in [6.07, 6.45) is 2.26. The van der Waals surface area contributed by atoms with Crippen LogP contribution in [0.25, 0.3) is 0 Å². The van der Waals surface area contributed by atoms with Crippen LogP contribution in [0, 0.1) is 0 Å². The molecule has 6 heteroatoms. The summed E-state index contributed by atoms with van der Waals surface area (Å²) in [6.45, 7) is 6.44. The molecule has 0 bridgehead atoms. The first-order valence-electron chi connectivity index (χ1n) is 8.01. The van der Waals surface area contributed by atoms with Crippen molar-refractivity contribution in [1.82, 2.24) is 10.6 Å². The Morgan fingerprint density at radius 2 is 1.74 bits per heavy atom. The molecule has 0 atom stereocenters. The van der Waals surface area contributed by atoms with Crippen molar-refractivity contribution in [3.63, 3.8) is 0 Å². The summed E-state index contributed by atoms with van der Waals surface area (Å²) in [5, 5.41) is 6.57. The van der Waals surface area contributed by atoms with Crippen LogP contribution >= 0.6 is 0 Å². The predicted molar refractivity (Wildman–Crippen MR) is 93.8 cm³/mol. The fourth-order valence-electron chi connectivity index (χ4n) is 2.18. The molecule has 1 aromatic rings. The maximum absolute atomic E-state index is 5.49. The van der Waals surface area contributed by atoms with Gasteiger partial charge in [0.2, 0.25) is 5.75 Å². The summed E-state index contributed by atoms with van der Waals surface area (Å²) in [6, 6.07) is 3.81. The van der Waals surface area contributed by atoms with Gasteiger partial charge in [-0.25, -0.2) is 4.99 Å². The summed E-state index contributed by atoms with van der Waals surface area (Å²) in [4.78, 5) is 4.61. The fraction of sp³-hybridized carbons (Fsp3) is 0.588. The van der Waals surface area contributed by atoms with E-state index < -0.39 is 0 Å². The lowest BCUT2D eigenvalue weighted by Crippen LogP contribution is -2.37. The van der Waals surface area contributed by atoms with Gasteiger partial charge >= 0.3 is 0 Å². The van der Waals surface area contributed by atoms with Crippen molar-refractivity contribution in [3.8, 4) is 17.2 Å². The minimum Gasteiger partial charge on any atom is -0.493 e. The first-order chi connectivity index (χ1) is 11.2. The zero-order valence-corrected chi connectivity index (χ0v) is 14.9. The van der Waals surface area contributed by atoms with E-state index in [4.69, 9.17) is 14.2 Å². The number of benzene rings is 1. The molecule has 1 rings (SSSR count). The van der Waals surface area contributed by atoms with Crippen molar-refractivity contribution < 1.29 is 14.2 Å². The van der Waals surface area contributed by atoms with Crippen LogP contribution in [0.15, 0.2) is 17.1 Å². The number of nitrogens with zero attached hydrogens (tertiary/aromatic N) is 1. The monoisotopic (exact) mass is 323 g/mol. The normalized spacial score (nSPS) is 11.1. The van der Waals surface area contributed by atoms with Crippen LogP contribution in [0.4, 0.5) is 0 Å². The smallest absolute Gasteiger partial charge is 0.203 e. The fourth-order valence-corrected chi connectivity index (χ4v) is 2.18. The maximum Gasteiger partial charge on any atom is 0.203 e. The molecule has 0 amide bonds. The third-order valence-corrected chi connectivity index (χ3v) is 3.36. The van der Waals surface area contributed by atoms with Crippen molar-refractivity contribution in [3.05, 3.63) is 17.7 Å². The average Bonchev–Trinajstić information content (AvgIpc) is 2.58. The number of methoxy groups -OCH3 is 3. The number of hydrogen-bond donors (Lipinski definition) is 2. The summed E-state index contributed by atoms with van der Waals surface area (Å²) >= 11 is 0.